The molecule has 3 heterocycles. The number of benzene rings is 1. The number of anilines is 1. The molecular formula is C17H15N5O2. The van der Waals surface area contributed by atoms with E-state index in [-0.39, 0.29) is 0 Å². The highest BCUT2D eigenvalue weighted by Gasteiger charge is 2.18. The molecule has 0 aliphatic carbocycles. The normalized spacial score (nSPS) is 14.6. The third-order valence-electron chi connectivity index (χ3n) is 3.98. The van der Waals surface area contributed by atoms with Gasteiger partial charge in [0.05, 0.1) is 18.9 Å². The van der Waals surface area contributed by atoms with Crippen molar-refractivity contribution in [3.8, 4) is 11.4 Å². The number of fused-ring (bicyclic) bond motifs is 1. The highest BCUT2D eigenvalue weighted by molar-refractivity contribution is 5.72. The topological polar surface area (TPSA) is 72.1 Å². The zero-order chi connectivity index (χ0) is 16.4. The Morgan fingerprint density at radius 3 is 2.67 bits per heavy atom. The number of hydrogen-bond acceptors (Lipinski definition) is 6. The summed E-state index contributed by atoms with van der Waals surface area (Å²) in [6.07, 6.45) is 3.45. The number of isocyanates is 1. The quantitative estimate of drug-likeness (QED) is 0.546. The summed E-state index contributed by atoms with van der Waals surface area (Å²) in [7, 11) is 0. The van der Waals surface area contributed by atoms with Crippen molar-refractivity contribution in [1.29, 1.82) is 0 Å². The van der Waals surface area contributed by atoms with Crippen LogP contribution in [-0.2, 0) is 9.53 Å². The summed E-state index contributed by atoms with van der Waals surface area (Å²) in [6.45, 7) is 3.02. The van der Waals surface area contributed by atoms with Gasteiger partial charge in [-0.2, -0.15) is 4.99 Å². The predicted octanol–water partition coefficient (Wildman–Crippen LogP) is 2.20. The van der Waals surface area contributed by atoms with Crippen molar-refractivity contribution in [1.82, 2.24) is 14.6 Å². The smallest absolute Gasteiger partial charge is 0.240 e. The van der Waals surface area contributed by atoms with Crippen LogP contribution < -0.4 is 4.90 Å². The van der Waals surface area contributed by atoms with Gasteiger partial charge in [0.15, 0.2) is 11.6 Å². The summed E-state index contributed by atoms with van der Waals surface area (Å²) >= 11 is 0. The van der Waals surface area contributed by atoms with E-state index >= 15 is 0 Å². The van der Waals surface area contributed by atoms with Gasteiger partial charge in [-0.15, -0.1) is 5.10 Å². The third kappa shape index (κ3) is 2.67. The van der Waals surface area contributed by atoms with Gasteiger partial charge in [-0.3, -0.25) is 0 Å². The molecule has 1 aliphatic heterocycles. The summed E-state index contributed by atoms with van der Waals surface area (Å²) in [5, 5.41) is 4.58. The first-order valence-corrected chi connectivity index (χ1v) is 7.71. The van der Waals surface area contributed by atoms with Crippen molar-refractivity contribution < 1.29 is 9.53 Å². The standard InChI is InChI=1S/C17H15N5O2/c23-12-18-14-5-3-13(4-6-14)16-19-17(21-8-10-24-11-9-21)15-2-1-7-22(15)20-16/h1-7H,8-11H2. The zero-order valence-corrected chi connectivity index (χ0v) is 12.9. The van der Waals surface area contributed by atoms with E-state index in [1.54, 1.807) is 12.1 Å². The van der Waals surface area contributed by atoms with E-state index in [1.165, 1.54) is 6.08 Å². The molecule has 7 heteroatoms. The van der Waals surface area contributed by atoms with Crippen molar-refractivity contribution in [3.05, 3.63) is 42.6 Å². The SMILES string of the molecule is O=C=Nc1ccc(-c2nc(N3CCOCC3)c3cccn3n2)cc1. The van der Waals surface area contributed by atoms with Gasteiger partial charge < -0.3 is 9.64 Å². The molecule has 0 saturated carbocycles. The van der Waals surface area contributed by atoms with Crippen molar-refractivity contribution in [3.63, 3.8) is 0 Å². The second-order valence-electron chi connectivity index (χ2n) is 5.45. The van der Waals surface area contributed by atoms with Crippen LogP contribution in [0.3, 0.4) is 0 Å². The molecule has 7 nitrogen and oxygen atoms in total. The molecule has 0 radical (unpaired) electrons. The third-order valence-corrected chi connectivity index (χ3v) is 3.98. The van der Waals surface area contributed by atoms with E-state index in [0.717, 1.165) is 30.0 Å². The molecule has 1 fully saturated rings. The molecule has 120 valence electrons. The van der Waals surface area contributed by atoms with Gasteiger partial charge in [0.2, 0.25) is 6.08 Å². The van der Waals surface area contributed by atoms with E-state index < -0.39 is 0 Å². The molecule has 0 unspecified atom stereocenters. The van der Waals surface area contributed by atoms with Crippen molar-refractivity contribution in [2.45, 2.75) is 0 Å². The van der Waals surface area contributed by atoms with Gasteiger partial charge in [0.25, 0.3) is 0 Å². The van der Waals surface area contributed by atoms with Gasteiger partial charge in [0, 0.05) is 24.8 Å². The average molecular weight is 321 g/mol. The molecule has 3 aromatic rings. The van der Waals surface area contributed by atoms with Crippen LogP contribution in [-0.4, -0.2) is 47.0 Å². The monoisotopic (exact) mass is 321 g/mol. The maximum absolute atomic E-state index is 10.3. The molecule has 0 N–H and O–H groups in total. The Balaban J connectivity index is 1.79. The molecule has 24 heavy (non-hydrogen) atoms. The Hall–Kier alpha value is -3.02. The first-order valence-electron chi connectivity index (χ1n) is 7.71. The predicted molar refractivity (Wildman–Crippen MR) is 89.2 cm³/mol. The van der Waals surface area contributed by atoms with Crippen molar-refractivity contribution in [2.24, 2.45) is 4.99 Å². The van der Waals surface area contributed by atoms with E-state index in [9.17, 15) is 4.79 Å². The number of carbonyl (C=O) groups excluding carboxylic acids is 1. The van der Waals surface area contributed by atoms with E-state index in [4.69, 9.17) is 9.72 Å². The van der Waals surface area contributed by atoms with E-state index in [2.05, 4.69) is 15.0 Å². The molecule has 0 spiro atoms. The molecule has 1 saturated heterocycles. The largest absolute Gasteiger partial charge is 0.378 e. The highest BCUT2D eigenvalue weighted by Crippen LogP contribution is 2.25. The molecule has 1 aliphatic rings. The molecule has 1 aromatic carbocycles. The Bertz CT molecular complexity index is 906. The van der Waals surface area contributed by atoms with Crippen molar-refractivity contribution >= 4 is 23.1 Å². The number of aromatic nitrogens is 3. The fourth-order valence-corrected chi connectivity index (χ4v) is 2.79. The molecule has 4 rings (SSSR count). The van der Waals surface area contributed by atoms with Gasteiger partial charge in [0.1, 0.15) is 5.52 Å². The molecule has 2 aromatic heterocycles. The van der Waals surface area contributed by atoms with Crippen LogP contribution in [0, 0.1) is 0 Å². The van der Waals surface area contributed by atoms with Gasteiger partial charge in [-0.05, 0) is 36.4 Å². The van der Waals surface area contributed by atoms with Crippen LogP contribution >= 0.6 is 0 Å². The second-order valence-corrected chi connectivity index (χ2v) is 5.45. The minimum absolute atomic E-state index is 0.559. The fourth-order valence-electron chi connectivity index (χ4n) is 2.79. The maximum Gasteiger partial charge on any atom is 0.240 e. The average Bonchev–Trinajstić information content (AvgIpc) is 3.11. The van der Waals surface area contributed by atoms with Crippen LogP contribution in [0.15, 0.2) is 47.6 Å². The molecule has 0 atom stereocenters. The minimum Gasteiger partial charge on any atom is -0.378 e. The van der Waals surface area contributed by atoms with Gasteiger partial charge in [-0.1, -0.05) is 0 Å². The first kappa shape index (κ1) is 14.6. The summed E-state index contributed by atoms with van der Waals surface area (Å²) in [6, 6.07) is 11.2. The Labute approximate surface area is 138 Å². The van der Waals surface area contributed by atoms with E-state index in [1.807, 2.05) is 35.0 Å². The summed E-state index contributed by atoms with van der Waals surface area (Å²) in [5.41, 5.74) is 2.40. The Morgan fingerprint density at radius 2 is 1.92 bits per heavy atom. The number of morpholine rings is 1. The maximum atomic E-state index is 10.3. The number of hydrogen-bond donors (Lipinski definition) is 0. The lowest BCUT2D eigenvalue weighted by atomic mass is 10.2. The van der Waals surface area contributed by atoms with E-state index in [0.29, 0.717) is 24.7 Å². The first-order chi connectivity index (χ1) is 11.8. The van der Waals surface area contributed by atoms with Crippen LogP contribution in [0.2, 0.25) is 0 Å². The van der Waals surface area contributed by atoms with Gasteiger partial charge >= 0.3 is 0 Å². The van der Waals surface area contributed by atoms with Crippen LogP contribution in [0.4, 0.5) is 11.5 Å². The number of aliphatic imine (C=N–C) groups is 1. The fraction of sp³-hybridized carbons (Fsp3) is 0.235. The van der Waals surface area contributed by atoms with Crippen LogP contribution in [0.5, 0.6) is 0 Å². The van der Waals surface area contributed by atoms with Gasteiger partial charge in [-0.25, -0.2) is 14.3 Å². The number of rotatable bonds is 3. The summed E-state index contributed by atoms with van der Waals surface area (Å²) < 4.78 is 7.27. The number of nitrogens with zero attached hydrogens (tertiary/aromatic N) is 5. The zero-order valence-electron chi connectivity index (χ0n) is 12.9. The van der Waals surface area contributed by atoms with Crippen molar-refractivity contribution in [2.75, 3.05) is 31.2 Å². The van der Waals surface area contributed by atoms with Crippen LogP contribution in [0.1, 0.15) is 0 Å². The van der Waals surface area contributed by atoms with Crippen LogP contribution in [0.25, 0.3) is 16.9 Å². The Morgan fingerprint density at radius 1 is 1.12 bits per heavy atom. The highest BCUT2D eigenvalue weighted by atomic mass is 16.5. The number of ether oxygens (including phenoxy) is 1. The Kier molecular flexibility index (Phi) is 3.78. The molecule has 0 amide bonds. The summed E-state index contributed by atoms with van der Waals surface area (Å²) in [5.74, 6) is 1.53. The summed E-state index contributed by atoms with van der Waals surface area (Å²) in [4.78, 5) is 20.9. The molecule has 0 bridgehead atoms. The lowest BCUT2D eigenvalue weighted by Crippen LogP contribution is -2.37. The second kappa shape index (κ2) is 6.23. The lowest BCUT2D eigenvalue weighted by molar-refractivity contribution is 0.122. The minimum atomic E-state index is 0.559. The molecular weight excluding hydrogens is 306 g/mol. The lowest BCUT2D eigenvalue weighted by Gasteiger charge is -2.28.